The van der Waals surface area contributed by atoms with Gasteiger partial charge in [-0.1, -0.05) is 17.7 Å². The van der Waals surface area contributed by atoms with E-state index in [-0.39, 0.29) is 0 Å². The van der Waals surface area contributed by atoms with Crippen LogP contribution in [-0.2, 0) is 0 Å². The van der Waals surface area contributed by atoms with Crippen LogP contribution in [0.25, 0.3) is 0 Å². The zero-order chi connectivity index (χ0) is 10.6. The number of hydrogen-bond donors (Lipinski definition) is 0. The Labute approximate surface area is 95.4 Å². The molecule has 1 nitrogen and oxygen atoms in total. The topological polar surface area (TPSA) is 3.24 Å². The van der Waals surface area contributed by atoms with Gasteiger partial charge in [-0.25, -0.2) is 0 Å². The van der Waals surface area contributed by atoms with Crippen LogP contribution in [0, 0.1) is 6.92 Å². The van der Waals surface area contributed by atoms with Gasteiger partial charge in [-0.2, -0.15) is 0 Å². The van der Waals surface area contributed by atoms with Crippen LogP contribution in [0.15, 0.2) is 23.1 Å². The molecule has 0 spiro atoms. The number of halogens is 1. The highest BCUT2D eigenvalue weighted by Gasteiger charge is 1.98. The second-order valence-electron chi connectivity index (χ2n) is 3.56. The van der Waals surface area contributed by atoms with Gasteiger partial charge in [0.1, 0.15) is 0 Å². The van der Waals surface area contributed by atoms with Crippen LogP contribution in [0.4, 0.5) is 0 Å². The van der Waals surface area contributed by atoms with E-state index in [0.29, 0.717) is 0 Å². The molecule has 0 bridgehead atoms. The molecule has 0 saturated heterocycles. The smallest absolute Gasteiger partial charge is 0.0446 e. The number of rotatable bonds is 4. The average molecular weight is 230 g/mol. The molecule has 1 rings (SSSR count). The lowest BCUT2D eigenvalue weighted by atomic mass is 10.2. The number of benzene rings is 1. The summed E-state index contributed by atoms with van der Waals surface area (Å²) in [6.07, 6.45) is 0. The maximum atomic E-state index is 6.03. The molecular formula is C11H16ClNS. The van der Waals surface area contributed by atoms with Crippen LogP contribution in [0.2, 0.25) is 5.02 Å². The first-order chi connectivity index (χ1) is 6.59. The van der Waals surface area contributed by atoms with E-state index in [1.807, 2.05) is 24.8 Å². The molecular weight excluding hydrogens is 214 g/mol. The third kappa shape index (κ3) is 3.91. The minimum absolute atomic E-state index is 0.861. The Balaban J connectivity index is 2.47. The molecule has 0 amide bonds. The van der Waals surface area contributed by atoms with E-state index in [2.05, 4.69) is 31.1 Å². The zero-order valence-corrected chi connectivity index (χ0v) is 10.5. The second-order valence-corrected chi connectivity index (χ2v) is 5.14. The zero-order valence-electron chi connectivity index (χ0n) is 8.88. The number of aryl methyl sites for hydroxylation is 1. The maximum absolute atomic E-state index is 6.03. The number of nitrogens with zero attached hydrogens (tertiary/aromatic N) is 1. The summed E-state index contributed by atoms with van der Waals surface area (Å²) in [5.41, 5.74) is 1.14. The van der Waals surface area contributed by atoms with Crippen molar-refractivity contribution in [2.24, 2.45) is 0 Å². The molecule has 0 heterocycles. The molecule has 0 aliphatic rings. The van der Waals surface area contributed by atoms with Crippen molar-refractivity contribution in [2.75, 3.05) is 26.4 Å². The van der Waals surface area contributed by atoms with Crippen molar-refractivity contribution in [1.29, 1.82) is 0 Å². The van der Waals surface area contributed by atoms with Crippen molar-refractivity contribution < 1.29 is 0 Å². The Morgan fingerprint density at radius 3 is 2.64 bits per heavy atom. The summed E-state index contributed by atoms with van der Waals surface area (Å²) < 4.78 is 0. The Bertz CT molecular complexity index is 299. The van der Waals surface area contributed by atoms with Gasteiger partial charge in [-0.3, -0.25) is 0 Å². The van der Waals surface area contributed by atoms with Crippen molar-refractivity contribution in [3.8, 4) is 0 Å². The van der Waals surface area contributed by atoms with E-state index in [0.717, 1.165) is 22.9 Å². The fraction of sp³-hybridized carbons (Fsp3) is 0.455. The first-order valence-electron chi connectivity index (χ1n) is 4.63. The van der Waals surface area contributed by atoms with Crippen molar-refractivity contribution >= 4 is 23.4 Å². The summed E-state index contributed by atoms with van der Waals surface area (Å²) in [6, 6.07) is 6.24. The van der Waals surface area contributed by atoms with E-state index in [1.54, 1.807) is 0 Å². The van der Waals surface area contributed by atoms with Gasteiger partial charge in [0.2, 0.25) is 0 Å². The first-order valence-corrected chi connectivity index (χ1v) is 5.99. The van der Waals surface area contributed by atoms with E-state index in [9.17, 15) is 0 Å². The highest BCUT2D eigenvalue weighted by molar-refractivity contribution is 7.99. The lowest BCUT2D eigenvalue weighted by molar-refractivity contribution is 0.437. The molecule has 14 heavy (non-hydrogen) atoms. The fourth-order valence-electron chi connectivity index (χ4n) is 1.01. The fourth-order valence-corrected chi connectivity index (χ4v) is 2.31. The van der Waals surface area contributed by atoms with Crippen molar-refractivity contribution in [3.05, 3.63) is 28.8 Å². The Morgan fingerprint density at radius 2 is 2.07 bits per heavy atom. The molecule has 1 aromatic carbocycles. The first kappa shape index (κ1) is 11.9. The van der Waals surface area contributed by atoms with Gasteiger partial charge >= 0.3 is 0 Å². The molecule has 0 aromatic heterocycles. The molecule has 0 fully saturated rings. The van der Waals surface area contributed by atoms with Gasteiger partial charge in [-0.15, -0.1) is 11.8 Å². The van der Waals surface area contributed by atoms with Crippen LogP contribution >= 0.6 is 23.4 Å². The molecule has 0 atom stereocenters. The monoisotopic (exact) mass is 229 g/mol. The lowest BCUT2D eigenvalue weighted by Crippen LogP contribution is -2.14. The van der Waals surface area contributed by atoms with Crippen molar-refractivity contribution in [2.45, 2.75) is 11.8 Å². The lowest BCUT2D eigenvalue weighted by Gasteiger charge is -2.09. The second kappa shape index (κ2) is 5.64. The number of hydrogen-bond acceptors (Lipinski definition) is 2. The molecule has 0 unspecified atom stereocenters. The molecule has 0 aliphatic carbocycles. The van der Waals surface area contributed by atoms with Crippen LogP contribution in [0.5, 0.6) is 0 Å². The summed E-state index contributed by atoms with van der Waals surface area (Å²) in [7, 11) is 4.17. The SMILES string of the molecule is Cc1ccc(SCCN(C)C)cc1Cl. The molecule has 3 heteroatoms. The van der Waals surface area contributed by atoms with Gasteiger partial charge in [0.25, 0.3) is 0 Å². The summed E-state index contributed by atoms with van der Waals surface area (Å²) in [5, 5.41) is 0.861. The predicted octanol–water partition coefficient (Wildman–Crippen LogP) is 3.30. The largest absolute Gasteiger partial charge is 0.309 e. The third-order valence-corrected chi connectivity index (χ3v) is 3.33. The molecule has 0 aliphatic heterocycles. The minimum atomic E-state index is 0.861. The quantitative estimate of drug-likeness (QED) is 0.729. The molecule has 0 saturated carbocycles. The summed E-state index contributed by atoms with van der Waals surface area (Å²) >= 11 is 7.88. The van der Waals surface area contributed by atoms with E-state index in [1.165, 1.54) is 4.90 Å². The minimum Gasteiger partial charge on any atom is -0.309 e. The molecule has 1 aromatic rings. The predicted molar refractivity (Wildman–Crippen MR) is 65.5 cm³/mol. The van der Waals surface area contributed by atoms with Crippen LogP contribution < -0.4 is 0 Å². The van der Waals surface area contributed by atoms with Gasteiger partial charge in [0, 0.05) is 22.2 Å². The van der Waals surface area contributed by atoms with E-state index >= 15 is 0 Å². The van der Waals surface area contributed by atoms with Gasteiger partial charge in [-0.05, 0) is 38.7 Å². The van der Waals surface area contributed by atoms with Gasteiger partial charge < -0.3 is 4.90 Å². The van der Waals surface area contributed by atoms with E-state index in [4.69, 9.17) is 11.6 Å². The molecule has 0 radical (unpaired) electrons. The third-order valence-electron chi connectivity index (χ3n) is 1.95. The maximum Gasteiger partial charge on any atom is 0.0446 e. The van der Waals surface area contributed by atoms with Crippen molar-refractivity contribution in [1.82, 2.24) is 4.90 Å². The highest BCUT2D eigenvalue weighted by atomic mass is 35.5. The summed E-state index contributed by atoms with van der Waals surface area (Å²) in [4.78, 5) is 3.44. The van der Waals surface area contributed by atoms with Crippen LogP contribution in [-0.4, -0.2) is 31.3 Å². The molecule has 78 valence electrons. The van der Waals surface area contributed by atoms with Crippen LogP contribution in [0.3, 0.4) is 0 Å². The number of thioether (sulfide) groups is 1. The Morgan fingerprint density at radius 1 is 1.36 bits per heavy atom. The van der Waals surface area contributed by atoms with Crippen LogP contribution in [0.1, 0.15) is 5.56 Å². The molecule has 0 N–H and O–H groups in total. The standard InChI is InChI=1S/C11H16ClNS/c1-9-4-5-10(8-11(9)12)14-7-6-13(2)3/h4-5,8H,6-7H2,1-3H3. The van der Waals surface area contributed by atoms with Crippen molar-refractivity contribution in [3.63, 3.8) is 0 Å². The normalized spacial score (nSPS) is 10.9. The van der Waals surface area contributed by atoms with Gasteiger partial charge in [0.05, 0.1) is 0 Å². The highest BCUT2D eigenvalue weighted by Crippen LogP contribution is 2.24. The summed E-state index contributed by atoms with van der Waals surface area (Å²) in [5.74, 6) is 1.10. The van der Waals surface area contributed by atoms with Gasteiger partial charge in [0.15, 0.2) is 0 Å². The van der Waals surface area contributed by atoms with E-state index < -0.39 is 0 Å². The summed E-state index contributed by atoms with van der Waals surface area (Å²) in [6.45, 7) is 3.12. The Hall–Kier alpha value is -0.180. The average Bonchev–Trinajstić information content (AvgIpc) is 2.10. The Kier molecular flexibility index (Phi) is 4.79.